The lowest BCUT2D eigenvalue weighted by atomic mass is 10.0. The zero-order valence-corrected chi connectivity index (χ0v) is 13.7. The minimum atomic E-state index is -0.752. The molecule has 0 fully saturated rings. The number of carbonyl (C=O) groups is 2. The summed E-state index contributed by atoms with van der Waals surface area (Å²) in [4.78, 5) is 26.0. The van der Waals surface area contributed by atoms with E-state index in [-0.39, 0.29) is 5.57 Å². The second-order valence-corrected chi connectivity index (χ2v) is 5.76. The van der Waals surface area contributed by atoms with Crippen LogP contribution in [0.2, 0.25) is 0 Å². The molecule has 1 aliphatic rings. The molecule has 1 aliphatic heterocycles. The molecule has 0 aliphatic carbocycles. The monoisotopic (exact) mass is 373 g/mol. The molecule has 6 heteroatoms. The molecule has 23 heavy (non-hydrogen) atoms. The Balaban J connectivity index is 2.08. The maximum absolute atomic E-state index is 12.7. The predicted molar refractivity (Wildman–Crippen MR) is 89.2 cm³/mol. The van der Waals surface area contributed by atoms with Gasteiger partial charge in [0.25, 0.3) is 5.91 Å². The summed E-state index contributed by atoms with van der Waals surface area (Å²) in [7, 11) is 1.46. The maximum atomic E-state index is 12.7. The minimum absolute atomic E-state index is 0.0598. The van der Waals surface area contributed by atoms with Gasteiger partial charge in [-0.2, -0.15) is 0 Å². The van der Waals surface area contributed by atoms with Crippen molar-refractivity contribution in [2.75, 3.05) is 12.0 Å². The number of aliphatic hydroxyl groups is 1. The summed E-state index contributed by atoms with van der Waals surface area (Å²) >= 11 is 3.30. The highest BCUT2D eigenvalue weighted by Crippen LogP contribution is 2.36. The Morgan fingerprint density at radius 2 is 1.65 bits per heavy atom. The number of imide groups is 1. The van der Waals surface area contributed by atoms with E-state index in [2.05, 4.69) is 15.9 Å². The highest BCUT2D eigenvalue weighted by molar-refractivity contribution is 9.10. The van der Waals surface area contributed by atoms with Crippen molar-refractivity contribution in [3.05, 3.63) is 64.3 Å². The van der Waals surface area contributed by atoms with Crippen LogP contribution in [0.1, 0.15) is 5.56 Å². The predicted octanol–water partition coefficient (Wildman–Crippen LogP) is 3.30. The lowest BCUT2D eigenvalue weighted by Gasteiger charge is -2.15. The molecule has 116 valence electrons. The number of ether oxygens (including phenoxy) is 1. The third-order valence-corrected chi connectivity index (χ3v) is 4.05. The first-order valence-electron chi connectivity index (χ1n) is 6.75. The largest absolute Gasteiger partial charge is 0.502 e. The van der Waals surface area contributed by atoms with E-state index in [0.717, 1.165) is 9.37 Å². The molecule has 0 bridgehead atoms. The van der Waals surface area contributed by atoms with Crippen LogP contribution in [0, 0.1) is 0 Å². The zero-order chi connectivity index (χ0) is 16.6. The molecule has 2 aromatic carbocycles. The van der Waals surface area contributed by atoms with E-state index >= 15 is 0 Å². The number of carbonyl (C=O) groups excluding carboxylic acids is 2. The van der Waals surface area contributed by atoms with Gasteiger partial charge in [-0.3, -0.25) is 9.59 Å². The van der Waals surface area contributed by atoms with Crippen molar-refractivity contribution in [1.29, 1.82) is 0 Å². The average molecular weight is 374 g/mol. The second kappa shape index (κ2) is 5.89. The average Bonchev–Trinajstić information content (AvgIpc) is 2.78. The molecule has 0 unspecified atom stereocenters. The lowest BCUT2D eigenvalue weighted by molar-refractivity contribution is -0.121. The normalized spacial score (nSPS) is 14.6. The fraction of sp³-hybridized carbons (Fsp3) is 0.0588. The quantitative estimate of drug-likeness (QED) is 0.838. The summed E-state index contributed by atoms with van der Waals surface area (Å²) in [5.74, 6) is -1.51. The van der Waals surface area contributed by atoms with Gasteiger partial charge in [-0.15, -0.1) is 0 Å². The number of methoxy groups -OCH3 is 1. The molecule has 0 aromatic heterocycles. The number of amides is 2. The summed E-state index contributed by atoms with van der Waals surface area (Å²) in [5, 5.41) is 10.2. The van der Waals surface area contributed by atoms with Crippen LogP contribution in [0.4, 0.5) is 5.69 Å². The van der Waals surface area contributed by atoms with Gasteiger partial charge in [0.05, 0.1) is 18.4 Å². The molecule has 3 rings (SSSR count). The summed E-state index contributed by atoms with van der Waals surface area (Å²) in [5.41, 5.74) is 0.709. The van der Waals surface area contributed by atoms with Crippen LogP contribution >= 0.6 is 15.9 Å². The smallest absolute Gasteiger partial charge is 0.301 e. The summed E-state index contributed by atoms with van der Waals surface area (Å²) in [6.45, 7) is 0. The summed E-state index contributed by atoms with van der Waals surface area (Å²) < 4.78 is 6.03. The number of hydrogen-bond acceptors (Lipinski definition) is 4. The van der Waals surface area contributed by atoms with Crippen molar-refractivity contribution in [3.63, 3.8) is 0 Å². The fourth-order valence-electron chi connectivity index (χ4n) is 2.44. The van der Waals surface area contributed by atoms with Crippen molar-refractivity contribution in [2.45, 2.75) is 0 Å². The van der Waals surface area contributed by atoms with E-state index in [1.807, 2.05) is 0 Å². The zero-order valence-electron chi connectivity index (χ0n) is 12.1. The van der Waals surface area contributed by atoms with Crippen molar-refractivity contribution >= 4 is 39.0 Å². The van der Waals surface area contributed by atoms with Gasteiger partial charge < -0.3 is 9.84 Å². The summed E-state index contributed by atoms with van der Waals surface area (Å²) in [6.07, 6.45) is 0. The number of para-hydroxylation sites is 1. The fourth-order valence-corrected chi connectivity index (χ4v) is 2.70. The number of rotatable bonds is 3. The first-order chi connectivity index (χ1) is 11.0. The highest BCUT2D eigenvalue weighted by atomic mass is 79.9. The molecule has 5 nitrogen and oxygen atoms in total. The van der Waals surface area contributed by atoms with Gasteiger partial charge in [-0.05, 0) is 30.3 Å². The van der Waals surface area contributed by atoms with Gasteiger partial charge in [-0.25, -0.2) is 4.90 Å². The number of aliphatic hydroxyl groups excluding tert-OH is 1. The van der Waals surface area contributed by atoms with Gasteiger partial charge in [0.15, 0.2) is 5.76 Å². The number of anilines is 1. The number of hydrogen-bond donors (Lipinski definition) is 1. The van der Waals surface area contributed by atoms with Crippen LogP contribution < -0.4 is 9.64 Å². The van der Waals surface area contributed by atoms with Gasteiger partial charge in [-0.1, -0.05) is 34.1 Å². The van der Waals surface area contributed by atoms with E-state index in [1.54, 1.807) is 48.5 Å². The molecule has 0 atom stereocenters. The topological polar surface area (TPSA) is 66.8 Å². The molecular formula is C17H12BrNO4. The van der Waals surface area contributed by atoms with E-state index in [1.165, 1.54) is 7.11 Å². The molecular weight excluding hydrogens is 362 g/mol. The molecule has 0 spiro atoms. The third kappa shape index (κ3) is 2.51. The van der Waals surface area contributed by atoms with E-state index in [4.69, 9.17) is 4.74 Å². The van der Waals surface area contributed by atoms with Crippen molar-refractivity contribution in [2.24, 2.45) is 0 Å². The Morgan fingerprint density at radius 3 is 2.30 bits per heavy atom. The van der Waals surface area contributed by atoms with Crippen molar-refractivity contribution in [3.8, 4) is 5.75 Å². The van der Waals surface area contributed by atoms with Gasteiger partial charge in [0.1, 0.15) is 5.75 Å². The van der Waals surface area contributed by atoms with E-state index in [9.17, 15) is 14.7 Å². The molecule has 1 heterocycles. The van der Waals surface area contributed by atoms with Crippen LogP contribution in [0.5, 0.6) is 5.75 Å². The SMILES string of the molecule is COc1ccccc1C1=C(O)C(=O)N(c2ccc(Br)cc2)C1=O. The van der Waals surface area contributed by atoms with Crippen LogP contribution in [0.25, 0.3) is 5.57 Å². The van der Waals surface area contributed by atoms with E-state index in [0.29, 0.717) is 17.0 Å². The van der Waals surface area contributed by atoms with E-state index < -0.39 is 17.6 Å². The van der Waals surface area contributed by atoms with Crippen LogP contribution in [0.15, 0.2) is 58.8 Å². The first-order valence-corrected chi connectivity index (χ1v) is 7.55. The van der Waals surface area contributed by atoms with Gasteiger partial charge in [0, 0.05) is 10.0 Å². The number of benzene rings is 2. The summed E-state index contributed by atoms with van der Waals surface area (Å²) in [6, 6.07) is 13.4. The van der Waals surface area contributed by atoms with Gasteiger partial charge >= 0.3 is 5.91 Å². The molecule has 0 saturated carbocycles. The lowest BCUT2D eigenvalue weighted by Crippen LogP contribution is -2.31. The number of nitrogens with zero attached hydrogens (tertiary/aromatic N) is 1. The molecule has 2 amide bonds. The Morgan fingerprint density at radius 1 is 1.00 bits per heavy atom. The standard InChI is InChI=1S/C17H12BrNO4/c1-23-13-5-3-2-4-12(13)14-15(20)17(22)19(16(14)21)11-8-6-10(18)7-9-11/h2-9,20H,1H3. The Bertz CT molecular complexity index is 827. The second-order valence-electron chi connectivity index (χ2n) is 4.85. The highest BCUT2D eigenvalue weighted by Gasteiger charge is 2.41. The molecule has 0 saturated heterocycles. The first kappa shape index (κ1) is 15.3. The number of halogens is 1. The maximum Gasteiger partial charge on any atom is 0.301 e. The van der Waals surface area contributed by atoms with Crippen molar-refractivity contribution < 1.29 is 19.4 Å². The third-order valence-electron chi connectivity index (χ3n) is 3.52. The molecule has 0 radical (unpaired) electrons. The van der Waals surface area contributed by atoms with Gasteiger partial charge in [0.2, 0.25) is 0 Å². The van der Waals surface area contributed by atoms with Crippen molar-refractivity contribution in [1.82, 2.24) is 0 Å². The molecule has 2 aromatic rings. The Kier molecular flexibility index (Phi) is 3.92. The Hall–Kier alpha value is -2.60. The van der Waals surface area contributed by atoms with Crippen LogP contribution in [-0.4, -0.2) is 24.0 Å². The Labute approximate surface area is 140 Å². The molecule has 1 N–H and O–H groups in total. The minimum Gasteiger partial charge on any atom is -0.502 e. The van der Waals surface area contributed by atoms with Crippen LogP contribution in [-0.2, 0) is 9.59 Å². The van der Waals surface area contributed by atoms with Crippen LogP contribution in [0.3, 0.4) is 0 Å².